The van der Waals surface area contributed by atoms with Crippen molar-refractivity contribution < 1.29 is 9.47 Å². The van der Waals surface area contributed by atoms with E-state index in [1.165, 1.54) is 32.4 Å². The summed E-state index contributed by atoms with van der Waals surface area (Å²) in [5.41, 5.74) is 0.944. The highest BCUT2D eigenvalue weighted by Gasteiger charge is 2.34. The van der Waals surface area contributed by atoms with Crippen LogP contribution >= 0.6 is 0 Å². The molecule has 0 aromatic heterocycles. The highest BCUT2D eigenvalue weighted by atomic mass is 16.5. The molecule has 0 spiro atoms. The van der Waals surface area contributed by atoms with Crippen LogP contribution in [0.1, 0.15) is 33.1 Å². The molecule has 2 aliphatic rings. The molecule has 1 saturated heterocycles. The van der Waals surface area contributed by atoms with Crippen molar-refractivity contribution in [2.24, 2.45) is 10.9 Å². The van der Waals surface area contributed by atoms with Crippen molar-refractivity contribution in [3.63, 3.8) is 0 Å². The molecule has 2 N–H and O–H groups in total. The molecule has 1 heterocycles. The average molecular weight is 361 g/mol. The van der Waals surface area contributed by atoms with Crippen LogP contribution in [0.2, 0.25) is 0 Å². The summed E-state index contributed by atoms with van der Waals surface area (Å²) in [5, 5.41) is 6.72. The molecule has 1 saturated carbocycles. The fourth-order valence-corrected chi connectivity index (χ4v) is 3.47. The molecule has 1 unspecified atom stereocenters. The molecule has 0 radical (unpaired) electrons. The summed E-state index contributed by atoms with van der Waals surface area (Å²) in [4.78, 5) is 7.46. The lowest BCUT2D eigenvalue weighted by Gasteiger charge is -2.16. The number of guanidine groups is 1. The lowest BCUT2D eigenvalue weighted by molar-refractivity contribution is 0.311. The Balaban J connectivity index is 1.61. The molecular weight excluding hydrogens is 328 g/mol. The topological polar surface area (TPSA) is 58.1 Å². The number of rotatable bonds is 8. The third-order valence-corrected chi connectivity index (χ3v) is 4.96. The van der Waals surface area contributed by atoms with Crippen molar-refractivity contribution in [2.45, 2.75) is 39.2 Å². The molecule has 1 aromatic carbocycles. The molecule has 1 aliphatic heterocycles. The fourth-order valence-electron chi connectivity index (χ4n) is 3.47. The van der Waals surface area contributed by atoms with E-state index >= 15 is 0 Å². The Labute approximate surface area is 157 Å². The van der Waals surface area contributed by atoms with Gasteiger partial charge in [0.05, 0.1) is 13.7 Å². The third-order valence-electron chi connectivity index (χ3n) is 4.96. The number of nitrogens with zero attached hydrogens (tertiary/aromatic N) is 2. The summed E-state index contributed by atoms with van der Waals surface area (Å²) in [7, 11) is 1.66. The molecule has 0 amide bonds. The molecule has 1 atom stereocenters. The minimum Gasteiger partial charge on any atom is -0.493 e. The van der Waals surface area contributed by atoms with Crippen LogP contribution in [-0.2, 0) is 0 Å². The van der Waals surface area contributed by atoms with Crippen molar-refractivity contribution in [1.29, 1.82) is 0 Å². The van der Waals surface area contributed by atoms with E-state index in [1.54, 1.807) is 7.11 Å². The quantitative estimate of drug-likeness (QED) is 0.551. The maximum absolute atomic E-state index is 5.66. The molecule has 1 aliphatic carbocycles. The van der Waals surface area contributed by atoms with Gasteiger partial charge in [0.1, 0.15) is 0 Å². The average Bonchev–Trinajstić information content (AvgIpc) is 3.39. The number of anilines is 1. The fraction of sp³-hybridized carbons (Fsp3) is 0.650. The Morgan fingerprint density at radius 2 is 2.08 bits per heavy atom. The summed E-state index contributed by atoms with van der Waals surface area (Å²) >= 11 is 0. The zero-order valence-electron chi connectivity index (χ0n) is 16.3. The van der Waals surface area contributed by atoms with Crippen LogP contribution in [0.5, 0.6) is 11.5 Å². The zero-order valence-corrected chi connectivity index (χ0v) is 16.3. The second kappa shape index (κ2) is 9.12. The minimum atomic E-state index is 0.604. The summed E-state index contributed by atoms with van der Waals surface area (Å²) in [6, 6.07) is 6.73. The van der Waals surface area contributed by atoms with Gasteiger partial charge in [-0.15, -0.1) is 0 Å². The number of benzene rings is 1. The van der Waals surface area contributed by atoms with Crippen LogP contribution in [0.15, 0.2) is 23.2 Å². The number of ether oxygens (including phenoxy) is 2. The van der Waals surface area contributed by atoms with Crippen molar-refractivity contribution in [1.82, 2.24) is 10.2 Å². The van der Waals surface area contributed by atoms with Gasteiger partial charge in [0.25, 0.3) is 0 Å². The summed E-state index contributed by atoms with van der Waals surface area (Å²) in [6.07, 6.45) is 4.04. The van der Waals surface area contributed by atoms with Gasteiger partial charge in [-0.05, 0) is 57.7 Å². The van der Waals surface area contributed by atoms with Gasteiger partial charge >= 0.3 is 0 Å². The van der Waals surface area contributed by atoms with E-state index in [-0.39, 0.29) is 0 Å². The van der Waals surface area contributed by atoms with Gasteiger partial charge in [-0.25, -0.2) is 0 Å². The monoisotopic (exact) mass is 360 g/mol. The van der Waals surface area contributed by atoms with Gasteiger partial charge in [0.15, 0.2) is 17.5 Å². The van der Waals surface area contributed by atoms with Crippen LogP contribution in [0.25, 0.3) is 0 Å². The number of likely N-dealkylation sites (tertiary alicyclic amines) is 1. The lowest BCUT2D eigenvalue weighted by Crippen LogP contribution is -2.31. The van der Waals surface area contributed by atoms with Gasteiger partial charge < -0.3 is 25.0 Å². The normalized spacial score (nSPS) is 20.9. The second-order valence-corrected chi connectivity index (χ2v) is 7.02. The molecular formula is C20H32N4O2. The maximum Gasteiger partial charge on any atom is 0.195 e. The smallest absolute Gasteiger partial charge is 0.195 e. The molecule has 6 heteroatoms. The van der Waals surface area contributed by atoms with E-state index in [2.05, 4.69) is 22.5 Å². The first-order valence-corrected chi connectivity index (χ1v) is 9.83. The van der Waals surface area contributed by atoms with E-state index in [0.717, 1.165) is 42.3 Å². The van der Waals surface area contributed by atoms with E-state index in [1.807, 2.05) is 25.1 Å². The van der Waals surface area contributed by atoms with Gasteiger partial charge in [-0.1, -0.05) is 0 Å². The molecule has 6 nitrogen and oxygen atoms in total. The minimum absolute atomic E-state index is 0.604. The number of nitrogens with one attached hydrogen (secondary N) is 2. The highest BCUT2D eigenvalue weighted by molar-refractivity contribution is 5.93. The number of hydrogen-bond donors (Lipinski definition) is 2. The predicted molar refractivity (Wildman–Crippen MR) is 106 cm³/mol. The summed E-state index contributed by atoms with van der Waals surface area (Å²) in [5.74, 6) is 2.98. The van der Waals surface area contributed by atoms with Crippen molar-refractivity contribution in [2.75, 3.05) is 45.2 Å². The Morgan fingerprint density at radius 3 is 2.77 bits per heavy atom. The zero-order chi connectivity index (χ0) is 18.4. The van der Waals surface area contributed by atoms with Gasteiger partial charge in [-0.2, -0.15) is 0 Å². The van der Waals surface area contributed by atoms with Gasteiger partial charge in [0, 0.05) is 37.4 Å². The SMILES string of the molecule is CCNC(=NCC1CCN(C2CC2)C1)Nc1ccc(OC)c(OCC)c1. The Morgan fingerprint density at radius 1 is 1.23 bits per heavy atom. The first kappa shape index (κ1) is 18.8. The summed E-state index contributed by atoms with van der Waals surface area (Å²) in [6.45, 7) is 8.80. The number of aliphatic imine (C=N–C) groups is 1. The Bertz CT molecular complexity index is 616. The van der Waals surface area contributed by atoms with Crippen molar-refractivity contribution in [3.05, 3.63) is 18.2 Å². The van der Waals surface area contributed by atoms with E-state index in [9.17, 15) is 0 Å². The lowest BCUT2D eigenvalue weighted by atomic mass is 10.1. The van der Waals surface area contributed by atoms with Gasteiger partial charge in [0.2, 0.25) is 0 Å². The standard InChI is InChI=1S/C20H32N4O2/c1-4-21-20(22-13-15-10-11-24(14-15)17-7-8-17)23-16-6-9-18(25-3)19(12-16)26-5-2/h6,9,12,15,17H,4-5,7-8,10-11,13-14H2,1-3H3,(H2,21,22,23). The maximum atomic E-state index is 5.66. The van der Waals surface area contributed by atoms with E-state index in [4.69, 9.17) is 14.5 Å². The predicted octanol–water partition coefficient (Wildman–Crippen LogP) is 2.96. The largest absolute Gasteiger partial charge is 0.493 e. The van der Waals surface area contributed by atoms with Crippen LogP contribution in [-0.4, -0.2) is 56.8 Å². The molecule has 0 bridgehead atoms. The Kier molecular flexibility index (Phi) is 6.61. The molecule has 26 heavy (non-hydrogen) atoms. The number of hydrogen-bond acceptors (Lipinski definition) is 4. The van der Waals surface area contributed by atoms with Crippen LogP contribution in [0.4, 0.5) is 5.69 Å². The highest BCUT2D eigenvalue weighted by Crippen LogP contribution is 2.32. The van der Waals surface area contributed by atoms with Crippen molar-refractivity contribution in [3.8, 4) is 11.5 Å². The molecule has 1 aromatic rings. The second-order valence-electron chi connectivity index (χ2n) is 7.02. The first-order valence-electron chi connectivity index (χ1n) is 9.83. The van der Waals surface area contributed by atoms with E-state index in [0.29, 0.717) is 12.5 Å². The van der Waals surface area contributed by atoms with Crippen LogP contribution in [0.3, 0.4) is 0 Å². The molecule has 2 fully saturated rings. The first-order chi connectivity index (χ1) is 12.7. The van der Waals surface area contributed by atoms with Crippen molar-refractivity contribution >= 4 is 11.6 Å². The third kappa shape index (κ3) is 5.04. The van der Waals surface area contributed by atoms with E-state index < -0.39 is 0 Å². The molecule has 3 rings (SSSR count). The van der Waals surface area contributed by atoms with Crippen LogP contribution < -0.4 is 20.1 Å². The molecule has 144 valence electrons. The van der Waals surface area contributed by atoms with Gasteiger partial charge in [-0.3, -0.25) is 4.99 Å². The number of methoxy groups -OCH3 is 1. The Hall–Kier alpha value is -1.95. The van der Waals surface area contributed by atoms with Crippen LogP contribution in [0, 0.1) is 5.92 Å². The summed E-state index contributed by atoms with van der Waals surface area (Å²) < 4.78 is 11.0.